The van der Waals surface area contributed by atoms with Crippen molar-refractivity contribution in [1.82, 2.24) is 18.6 Å². The first-order valence-electron chi connectivity index (χ1n) is 20.3. The van der Waals surface area contributed by atoms with Crippen LogP contribution in [0.3, 0.4) is 0 Å². The van der Waals surface area contributed by atoms with E-state index in [-0.39, 0.29) is 26.2 Å². The summed E-state index contributed by atoms with van der Waals surface area (Å²) in [6.45, 7) is 1.93. The molecule has 22 heteroatoms. The fraction of sp³-hybridized carbons (Fsp3) is 0.318. The van der Waals surface area contributed by atoms with Crippen LogP contribution in [-0.4, -0.2) is 116 Å². The van der Waals surface area contributed by atoms with Crippen LogP contribution in [0.2, 0.25) is 0 Å². The van der Waals surface area contributed by atoms with Crippen LogP contribution in [0.4, 0.5) is 27.8 Å². The van der Waals surface area contributed by atoms with Gasteiger partial charge in [0.2, 0.25) is 20.0 Å². The van der Waals surface area contributed by atoms with Crippen molar-refractivity contribution in [2.45, 2.75) is 22.6 Å². The molecule has 352 valence electrons. The number of ether oxygens (including phenoxy) is 4. The van der Waals surface area contributed by atoms with Gasteiger partial charge in [-0.1, -0.05) is 18.2 Å². The summed E-state index contributed by atoms with van der Waals surface area (Å²) < 4.78 is 131. The van der Waals surface area contributed by atoms with Gasteiger partial charge in [-0.2, -0.15) is 8.61 Å². The molecule has 14 nitrogen and oxygen atoms in total. The highest BCUT2D eigenvalue weighted by Gasteiger charge is 2.35. The van der Waals surface area contributed by atoms with E-state index in [1.807, 2.05) is 50.9 Å². The Morgan fingerprint density at radius 1 is 0.515 bits per heavy atom. The Morgan fingerprint density at radius 3 is 1.32 bits per heavy atom. The summed E-state index contributed by atoms with van der Waals surface area (Å²) in [5, 5.41) is 5.47. The molecule has 2 aromatic heterocycles. The van der Waals surface area contributed by atoms with Gasteiger partial charge < -0.3 is 28.7 Å². The molecule has 2 saturated heterocycles. The van der Waals surface area contributed by atoms with Crippen LogP contribution in [0.25, 0.3) is 0 Å². The molecule has 8 rings (SSSR count). The van der Waals surface area contributed by atoms with Crippen molar-refractivity contribution >= 4 is 53.0 Å². The van der Waals surface area contributed by atoms with E-state index in [2.05, 4.69) is 9.97 Å². The smallest absolute Gasteiger partial charge is 0.249 e. The second kappa shape index (κ2) is 21.0. The highest BCUT2D eigenvalue weighted by Crippen LogP contribution is 2.32. The number of rotatable bonds is 14. The lowest BCUT2D eigenvalue weighted by atomic mass is 10.1. The molecule has 2 fully saturated rings. The van der Waals surface area contributed by atoms with Gasteiger partial charge in [0.05, 0.1) is 39.8 Å². The van der Waals surface area contributed by atoms with Gasteiger partial charge in [0.25, 0.3) is 0 Å². The summed E-state index contributed by atoms with van der Waals surface area (Å²) >= 11 is 2.94. The first kappa shape index (κ1) is 48.4. The molecule has 0 radical (unpaired) electrons. The predicted octanol–water partition coefficient (Wildman–Crippen LogP) is 7.08. The maximum Gasteiger partial charge on any atom is 0.249 e. The van der Waals surface area contributed by atoms with Gasteiger partial charge in [-0.25, -0.2) is 44.4 Å². The third-order valence-electron chi connectivity index (χ3n) is 10.8. The number of halogens is 4. The van der Waals surface area contributed by atoms with Crippen molar-refractivity contribution in [2.75, 3.05) is 90.6 Å². The van der Waals surface area contributed by atoms with E-state index in [1.165, 1.54) is 22.7 Å². The Hall–Kier alpha value is -5.52. The molecule has 0 atom stereocenters. The first-order valence-corrected chi connectivity index (χ1v) is 25.0. The number of methoxy groups -OCH3 is 4. The lowest BCUT2D eigenvalue weighted by Crippen LogP contribution is -2.49. The fourth-order valence-corrected chi connectivity index (χ4v) is 12.2. The Kier molecular flexibility index (Phi) is 15.4. The molecule has 4 heterocycles. The molecule has 0 amide bonds. The standard InChI is InChI=1S/2C22H23F2N3O4S2/c1-30-17-11-15(12-18(13-17)31-2)10-16-14-32-22(25-16)26-6-8-27(9-7-26)33(28,29)21-19(23)4-3-5-20(21)24;1-30-19-7-6-15(13-20(19)31-2)12-16-14-32-22(25-16)26-8-10-27(11-9-26)33(28,29)21-17(23)4-3-5-18(21)24/h3-5,11-14H,6-10H2,1-2H3;3-7,13-14H,8-12H2,1-2H3. The molecule has 0 N–H and O–H groups in total. The number of hydrogen-bond donors (Lipinski definition) is 0. The van der Waals surface area contributed by atoms with Crippen molar-refractivity contribution in [3.8, 4) is 23.0 Å². The fourth-order valence-electron chi connectivity index (χ4n) is 7.38. The molecule has 4 aromatic carbocycles. The maximum atomic E-state index is 14.0. The number of nitrogens with zero attached hydrogens (tertiary/aromatic N) is 6. The van der Waals surface area contributed by atoms with Gasteiger partial charge in [-0.05, 0) is 59.7 Å². The zero-order valence-corrected chi connectivity index (χ0v) is 39.5. The minimum Gasteiger partial charge on any atom is -0.497 e. The Bertz CT molecular complexity index is 2810. The summed E-state index contributed by atoms with van der Waals surface area (Å²) in [4.78, 5) is 11.5. The SMILES string of the molecule is COc1cc(Cc2csc(N3CCN(S(=O)(=O)c4c(F)cccc4F)CC3)n2)cc(OC)c1.COc1ccc(Cc2csc(N3CCN(S(=O)(=O)c4c(F)cccc4F)CC3)n2)cc1OC. The molecule has 2 aliphatic rings. The van der Waals surface area contributed by atoms with Crippen LogP contribution in [-0.2, 0) is 32.9 Å². The zero-order chi connectivity index (χ0) is 47.2. The van der Waals surface area contributed by atoms with Crippen molar-refractivity contribution in [3.05, 3.63) is 129 Å². The lowest BCUT2D eigenvalue weighted by Gasteiger charge is -2.33. The molecule has 0 aliphatic carbocycles. The largest absolute Gasteiger partial charge is 0.497 e. The lowest BCUT2D eigenvalue weighted by molar-refractivity contribution is 0.354. The minimum absolute atomic E-state index is 0.109. The summed E-state index contributed by atoms with van der Waals surface area (Å²) in [5.41, 5.74) is 3.76. The topological polar surface area (TPSA) is 144 Å². The number of aromatic nitrogens is 2. The van der Waals surface area contributed by atoms with Crippen molar-refractivity contribution in [2.24, 2.45) is 0 Å². The maximum absolute atomic E-state index is 14.0. The normalized spacial score (nSPS) is 15.0. The van der Waals surface area contributed by atoms with E-state index in [9.17, 15) is 34.4 Å². The van der Waals surface area contributed by atoms with Gasteiger partial charge in [0, 0.05) is 82.0 Å². The molecule has 6 aromatic rings. The van der Waals surface area contributed by atoms with Gasteiger partial charge in [0.1, 0.15) is 34.8 Å². The highest BCUT2D eigenvalue weighted by atomic mass is 32.2. The molecular weight excluding hydrogens is 945 g/mol. The van der Waals surface area contributed by atoms with E-state index < -0.39 is 53.1 Å². The first-order chi connectivity index (χ1) is 31.6. The van der Waals surface area contributed by atoms with Crippen LogP contribution in [0.15, 0.2) is 93.3 Å². The Labute approximate surface area is 388 Å². The minimum atomic E-state index is -4.26. The van der Waals surface area contributed by atoms with Crippen LogP contribution >= 0.6 is 22.7 Å². The Balaban J connectivity index is 0.000000196. The molecular formula is C44H46F4N6O8S4. The van der Waals surface area contributed by atoms with E-state index in [4.69, 9.17) is 18.9 Å². The predicted molar refractivity (Wildman–Crippen MR) is 244 cm³/mol. The van der Waals surface area contributed by atoms with Gasteiger partial charge in [-0.15, -0.1) is 22.7 Å². The molecule has 0 spiro atoms. The average molecular weight is 991 g/mol. The second-order valence-corrected chi connectivity index (χ2v) is 20.3. The van der Waals surface area contributed by atoms with Crippen LogP contribution in [0.5, 0.6) is 23.0 Å². The number of thiazole rings is 2. The van der Waals surface area contributed by atoms with E-state index in [0.29, 0.717) is 62.0 Å². The summed E-state index contributed by atoms with van der Waals surface area (Å²) in [7, 11) is -2.16. The van der Waals surface area contributed by atoms with Crippen LogP contribution in [0, 0.1) is 23.3 Å². The number of piperazine rings is 2. The van der Waals surface area contributed by atoms with Crippen LogP contribution < -0.4 is 28.7 Å². The van der Waals surface area contributed by atoms with Gasteiger partial charge >= 0.3 is 0 Å². The van der Waals surface area contributed by atoms with Crippen LogP contribution in [0.1, 0.15) is 22.5 Å². The molecule has 0 unspecified atom stereocenters. The summed E-state index contributed by atoms with van der Waals surface area (Å²) in [6, 6.07) is 17.4. The van der Waals surface area contributed by atoms with E-state index in [1.54, 1.807) is 34.5 Å². The van der Waals surface area contributed by atoms with E-state index in [0.717, 1.165) is 77.8 Å². The summed E-state index contributed by atoms with van der Waals surface area (Å²) in [5.74, 6) is -1.65. The average Bonchev–Trinajstić information content (AvgIpc) is 3.99. The summed E-state index contributed by atoms with van der Waals surface area (Å²) in [6.07, 6.45) is 1.20. The quantitative estimate of drug-likeness (QED) is 0.103. The number of anilines is 2. The van der Waals surface area contributed by atoms with Crippen molar-refractivity contribution in [1.29, 1.82) is 0 Å². The van der Waals surface area contributed by atoms with E-state index >= 15 is 0 Å². The van der Waals surface area contributed by atoms with Crippen molar-refractivity contribution < 1.29 is 53.3 Å². The molecule has 2 aliphatic heterocycles. The monoisotopic (exact) mass is 990 g/mol. The molecule has 0 saturated carbocycles. The zero-order valence-electron chi connectivity index (χ0n) is 36.2. The number of sulfonamides is 2. The molecule has 66 heavy (non-hydrogen) atoms. The number of hydrogen-bond acceptors (Lipinski definition) is 14. The highest BCUT2D eigenvalue weighted by molar-refractivity contribution is 7.89. The van der Waals surface area contributed by atoms with Crippen molar-refractivity contribution in [3.63, 3.8) is 0 Å². The molecule has 0 bridgehead atoms. The van der Waals surface area contributed by atoms with Gasteiger partial charge in [-0.3, -0.25) is 0 Å². The third kappa shape index (κ3) is 10.8. The number of benzene rings is 4. The Morgan fingerprint density at radius 2 is 0.924 bits per heavy atom. The van der Waals surface area contributed by atoms with Gasteiger partial charge in [0.15, 0.2) is 31.6 Å². The third-order valence-corrected chi connectivity index (χ3v) is 16.6. The second-order valence-electron chi connectivity index (χ2n) is 14.9.